The minimum absolute atomic E-state index is 0.0942. The van der Waals surface area contributed by atoms with Crippen molar-refractivity contribution < 1.29 is 9.21 Å². The number of benzene rings is 1. The number of thiazole rings is 1. The highest BCUT2D eigenvalue weighted by Gasteiger charge is 2.33. The lowest BCUT2D eigenvalue weighted by molar-refractivity contribution is -0.120. The number of hydrogen-bond donors (Lipinski definition) is 0. The average Bonchev–Trinajstić information content (AvgIpc) is 3.56. The summed E-state index contributed by atoms with van der Waals surface area (Å²) in [6.45, 7) is 6.95. The minimum Gasteiger partial charge on any atom is -0.449 e. The van der Waals surface area contributed by atoms with Crippen LogP contribution in [0.1, 0.15) is 55.8 Å². The van der Waals surface area contributed by atoms with Gasteiger partial charge in [0.15, 0.2) is 22.5 Å². The van der Waals surface area contributed by atoms with Gasteiger partial charge in [-0.1, -0.05) is 41.7 Å². The van der Waals surface area contributed by atoms with Crippen LogP contribution < -0.4 is 4.90 Å². The van der Waals surface area contributed by atoms with Crippen molar-refractivity contribution in [3.05, 3.63) is 71.6 Å². The summed E-state index contributed by atoms with van der Waals surface area (Å²) < 4.78 is 6.46. The van der Waals surface area contributed by atoms with Crippen LogP contribution in [-0.2, 0) is 16.6 Å². The molecule has 1 aliphatic rings. The van der Waals surface area contributed by atoms with Gasteiger partial charge >= 0.3 is 0 Å². The van der Waals surface area contributed by atoms with E-state index in [2.05, 4.69) is 46.9 Å². The number of aryl methyl sites for hydroxylation is 2. The molecular weight excluding hydrogens is 432 g/mol. The maximum Gasteiger partial charge on any atom is 0.191 e. The number of aromatic nitrogens is 3. The van der Waals surface area contributed by atoms with E-state index in [9.17, 15) is 4.79 Å². The van der Waals surface area contributed by atoms with Crippen molar-refractivity contribution in [1.29, 1.82) is 0 Å². The van der Waals surface area contributed by atoms with Crippen molar-refractivity contribution in [3.8, 4) is 0 Å². The average molecular weight is 461 g/mol. The molecular formula is C26H28N4O2S. The SMILES string of the molecule is Cc1nc(C(C)(C)c2cnc3nc(N4CCC[C@@H]4C(=O)CCc4ccccc4)sc3c2)co1. The van der Waals surface area contributed by atoms with Crippen molar-refractivity contribution in [2.75, 3.05) is 11.4 Å². The minimum atomic E-state index is -0.327. The molecule has 0 unspecified atom stereocenters. The molecule has 0 aliphatic carbocycles. The van der Waals surface area contributed by atoms with Crippen molar-refractivity contribution in [1.82, 2.24) is 15.0 Å². The Morgan fingerprint density at radius 3 is 2.82 bits per heavy atom. The molecule has 33 heavy (non-hydrogen) atoms. The Bertz CT molecular complexity index is 1280. The Labute approximate surface area is 197 Å². The third-order valence-electron chi connectivity index (χ3n) is 6.59. The highest BCUT2D eigenvalue weighted by Crippen LogP contribution is 2.37. The van der Waals surface area contributed by atoms with E-state index in [-0.39, 0.29) is 11.5 Å². The van der Waals surface area contributed by atoms with Crippen LogP contribution in [0, 0.1) is 6.92 Å². The van der Waals surface area contributed by atoms with Crippen LogP contribution in [0.25, 0.3) is 10.3 Å². The Hall–Kier alpha value is -3.06. The fourth-order valence-corrected chi connectivity index (χ4v) is 5.52. The van der Waals surface area contributed by atoms with Gasteiger partial charge in [-0.25, -0.2) is 9.97 Å². The van der Waals surface area contributed by atoms with Gasteiger partial charge in [-0.2, -0.15) is 4.98 Å². The van der Waals surface area contributed by atoms with Gasteiger partial charge in [0, 0.05) is 31.5 Å². The molecule has 1 aromatic carbocycles. The molecule has 7 heteroatoms. The standard InChI is InChI=1S/C26H28N4O2S/c1-17-28-23(16-32-17)26(2,3)19-14-22-24(27-15-19)29-25(33-22)30-13-7-10-20(30)21(31)12-11-18-8-5-4-6-9-18/h4-6,8-9,14-16,20H,7,10-13H2,1-3H3/t20-/m1/s1. The van der Waals surface area contributed by atoms with Gasteiger partial charge < -0.3 is 9.32 Å². The Kier molecular flexibility index (Phi) is 5.74. The molecule has 1 aliphatic heterocycles. The first kappa shape index (κ1) is 21.8. The number of pyridine rings is 1. The molecule has 170 valence electrons. The van der Waals surface area contributed by atoms with Crippen LogP contribution in [0.2, 0.25) is 0 Å². The van der Waals surface area contributed by atoms with Crippen LogP contribution in [0.4, 0.5) is 5.13 Å². The molecule has 1 fully saturated rings. The van der Waals surface area contributed by atoms with Crippen LogP contribution in [-0.4, -0.2) is 33.3 Å². The van der Waals surface area contributed by atoms with Crippen LogP contribution in [0.3, 0.4) is 0 Å². The zero-order valence-corrected chi connectivity index (χ0v) is 20.1. The summed E-state index contributed by atoms with van der Waals surface area (Å²) in [6, 6.07) is 12.3. The van der Waals surface area contributed by atoms with Crippen molar-refractivity contribution in [3.63, 3.8) is 0 Å². The summed E-state index contributed by atoms with van der Waals surface area (Å²) in [5.74, 6) is 0.955. The highest BCUT2D eigenvalue weighted by atomic mass is 32.1. The van der Waals surface area contributed by atoms with E-state index < -0.39 is 0 Å². The van der Waals surface area contributed by atoms with E-state index in [1.54, 1.807) is 17.6 Å². The zero-order chi connectivity index (χ0) is 23.0. The number of fused-ring (bicyclic) bond motifs is 1. The first-order chi connectivity index (χ1) is 15.9. The van der Waals surface area contributed by atoms with Gasteiger partial charge in [0.2, 0.25) is 0 Å². The smallest absolute Gasteiger partial charge is 0.191 e. The molecule has 0 radical (unpaired) electrons. The van der Waals surface area contributed by atoms with Gasteiger partial charge in [0.1, 0.15) is 6.26 Å². The van der Waals surface area contributed by atoms with Gasteiger partial charge in [-0.05, 0) is 50.3 Å². The molecule has 5 rings (SSSR count). The molecule has 0 saturated carbocycles. The quantitative estimate of drug-likeness (QED) is 0.363. The van der Waals surface area contributed by atoms with Gasteiger partial charge in [0.25, 0.3) is 0 Å². The number of carbonyl (C=O) groups excluding carboxylic acids is 1. The second-order valence-corrected chi connectivity index (χ2v) is 10.2. The summed E-state index contributed by atoms with van der Waals surface area (Å²) in [4.78, 5) is 29.2. The summed E-state index contributed by atoms with van der Waals surface area (Å²) in [7, 11) is 0. The molecule has 0 bridgehead atoms. The number of oxazole rings is 1. The predicted molar refractivity (Wildman–Crippen MR) is 131 cm³/mol. The lowest BCUT2D eigenvalue weighted by Crippen LogP contribution is -2.36. The zero-order valence-electron chi connectivity index (χ0n) is 19.2. The number of carbonyl (C=O) groups is 1. The number of nitrogens with zero attached hydrogens (tertiary/aromatic N) is 4. The summed E-state index contributed by atoms with van der Waals surface area (Å²) in [6.07, 6.45) is 6.83. The second-order valence-electron chi connectivity index (χ2n) is 9.22. The third-order valence-corrected chi connectivity index (χ3v) is 7.62. The third kappa shape index (κ3) is 4.29. The number of anilines is 1. The lowest BCUT2D eigenvalue weighted by atomic mass is 9.83. The highest BCUT2D eigenvalue weighted by molar-refractivity contribution is 7.22. The number of hydrogen-bond acceptors (Lipinski definition) is 7. The summed E-state index contributed by atoms with van der Waals surface area (Å²) in [5.41, 5.74) is 3.56. The molecule has 0 amide bonds. The molecule has 6 nitrogen and oxygen atoms in total. The van der Waals surface area contributed by atoms with Gasteiger partial charge in [0.05, 0.1) is 16.4 Å². The first-order valence-electron chi connectivity index (χ1n) is 11.4. The molecule has 0 spiro atoms. The molecule has 1 atom stereocenters. The fourth-order valence-electron chi connectivity index (χ4n) is 4.48. The maximum absolute atomic E-state index is 13.1. The molecule has 3 aromatic heterocycles. The Morgan fingerprint density at radius 1 is 1.24 bits per heavy atom. The van der Waals surface area contributed by atoms with Crippen molar-refractivity contribution >= 4 is 32.6 Å². The largest absolute Gasteiger partial charge is 0.449 e. The van der Waals surface area contributed by atoms with Crippen LogP contribution in [0.5, 0.6) is 0 Å². The van der Waals surface area contributed by atoms with E-state index in [0.29, 0.717) is 18.1 Å². The molecule has 4 heterocycles. The van der Waals surface area contributed by atoms with Crippen LogP contribution in [0.15, 0.2) is 53.3 Å². The second kappa shape index (κ2) is 8.71. The van der Waals surface area contributed by atoms with E-state index in [1.165, 1.54) is 5.56 Å². The topological polar surface area (TPSA) is 72.1 Å². The maximum atomic E-state index is 13.1. The normalized spacial score (nSPS) is 16.6. The van der Waals surface area contributed by atoms with Crippen molar-refractivity contribution in [2.24, 2.45) is 0 Å². The fraction of sp³-hybridized carbons (Fsp3) is 0.385. The summed E-state index contributed by atoms with van der Waals surface area (Å²) >= 11 is 1.62. The Morgan fingerprint density at radius 2 is 2.06 bits per heavy atom. The van der Waals surface area contributed by atoms with E-state index in [0.717, 1.165) is 52.5 Å². The van der Waals surface area contributed by atoms with Crippen molar-refractivity contribution in [2.45, 2.75) is 57.9 Å². The number of Topliss-reactive ketones (excluding diaryl/α,β-unsaturated/α-hetero) is 1. The lowest BCUT2D eigenvalue weighted by Gasteiger charge is -2.22. The molecule has 0 N–H and O–H groups in total. The predicted octanol–water partition coefficient (Wildman–Crippen LogP) is 5.48. The summed E-state index contributed by atoms with van der Waals surface area (Å²) in [5, 5.41) is 0.889. The van der Waals surface area contributed by atoms with E-state index in [1.807, 2.05) is 31.3 Å². The molecule has 1 saturated heterocycles. The monoisotopic (exact) mass is 460 g/mol. The Balaban J connectivity index is 1.36. The van der Waals surface area contributed by atoms with E-state index >= 15 is 0 Å². The van der Waals surface area contributed by atoms with Crippen LogP contribution >= 0.6 is 11.3 Å². The van der Waals surface area contributed by atoms with Gasteiger partial charge in [-0.3, -0.25) is 4.79 Å². The van der Waals surface area contributed by atoms with Gasteiger partial charge in [-0.15, -0.1) is 0 Å². The first-order valence-corrected chi connectivity index (χ1v) is 12.3. The van der Waals surface area contributed by atoms with E-state index in [4.69, 9.17) is 9.40 Å². The number of rotatable bonds is 7. The number of ketones is 1. The molecule has 4 aromatic rings.